The molecule has 3 heteroatoms. The van der Waals surface area contributed by atoms with Gasteiger partial charge in [0.15, 0.2) is 0 Å². The third-order valence-corrected chi connectivity index (χ3v) is 5.65. The minimum atomic E-state index is -0.401. The van der Waals surface area contributed by atoms with E-state index in [1.165, 1.54) is 5.56 Å². The van der Waals surface area contributed by atoms with Crippen LogP contribution in [0.5, 0.6) is 11.5 Å². The molecule has 1 atom stereocenters. The number of hydrogen-bond acceptors (Lipinski definition) is 3. The minimum absolute atomic E-state index is 0.0180. The fourth-order valence-corrected chi connectivity index (χ4v) is 4.09. The van der Waals surface area contributed by atoms with E-state index in [0.717, 1.165) is 39.3 Å². The molecule has 156 valence electrons. The van der Waals surface area contributed by atoms with Crippen molar-refractivity contribution >= 4 is 5.97 Å². The Hall–Kier alpha value is -2.29. The van der Waals surface area contributed by atoms with E-state index < -0.39 is 5.92 Å². The summed E-state index contributed by atoms with van der Waals surface area (Å²) in [5, 5.41) is 0. The van der Waals surface area contributed by atoms with Gasteiger partial charge in [0.1, 0.15) is 17.4 Å². The Kier molecular flexibility index (Phi) is 5.31. The van der Waals surface area contributed by atoms with Gasteiger partial charge in [0.25, 0.3) is 0 Å². The Labute approximate surface area is 175 Å². The van der Waals surface area contributed by atoms with Crippen LogP contribution >= 0.6 is 0 Å². The molecule has 1 heterocycles. The first kappa shape index (κ1) is 21.4. The number of carbonyl (C=O) groups is 1. The summed E-state index contributed by atoms with van der Waals surface area (Å²) < 4.78 is 11.7. The third-order valence-electron chi connectivity index (χ3n) is 5.65. The van der Waals surface area contributed by atoms with Crippen LogP contribution in [0.25, 0.3) is 0 Å². The molecular formula is C26H34O3. The topological polar surface area (TPSA) is 35.5 Å². The number of rotatable bonds is 3. The predicted octanol–water partition coefficient (Wildman–Crippen LogP) is 6.35. The first-order valence-electron chi connectivity index (χ1n) is 10.5. The quantitative estimate of drug-likeness (QED) is 0.449. The molecular weight excluding hydrogens is 360 g/mol. The van der Waals surface area contributed by atoms with Gasteiger partial charge in [-0.05, 0) is 53.9 Å². The lowest BCUT2D eigenvalue weighted by Crippen LogP contribution is -2.17. The Morgan fingerprint density at radius 3 is 2.00 bits per heavy atom. The molecule has 1 aliphatic rings. The second-order valence-electron chi connectivity index (χ2n) is 10.2. The molecule has 2 aromatic carbocycles. The number of esters is 1. The number of fused-ring (bicyclic) bond motifs is 1. The molecule has 3 nitrogen and oxygen atoms in total. The summed E-state index contributed by atoms with van der Waals surface area (Å²) in [4.78, 5) is 13.1. The molecule has 0 aliphatic carbocycles. The maximum atomic E-state index is 13.1. The van der Waals surface area contributed by atoms with Crippen LogP contribution in [0.4, 0.5) is 0 Å². The highest BCUT2D eigenvalue weighted by atomic mass is 16.5. The molecule has 0 N–H and O–H groups in total. The van der Waals surface area contributed by atoms with Crippen molar-refractivity contribution in [2.75, 3.05) is 6.61 Å². The van der Waals surface area contributed by atoms with E-state index in [0.29, 0.717) is 6.61 Å². The zero-order valence-corrected chi connectivity index (χ0v) is 19.3. The Morgan fingerprint density at radius 1 is 0.931 bits per heavy atom. The minimum Gasteiger partial charge on any atom is -0.493 e. The van der Waals surface area contributed by atoms with Gasteiger partial charge < -0.3 is 9.47 Å². The number of benzene rings is 2. The molecule has 1 unspecified atom stereocenters. The monoisotopic (exact) mass is 394 g/mol. The average Bonchev–Trinajstić information content (AvgIpc) is 2.91. The molecule has 0 saturated heterocycles. The normalized spacial score (nSPS) is 16.6. The molecule has 29 heavy (non-hydrogen) atoms. The van der Waals surface area contributed by atoms with Crippen LogP contribution in [0.15, 0.2) is 24.3 Å². The molecule has 3 rings (SSSR count). The number of carbonyl (C=O) groups excluding carboxylic acids is 1. The maximum Gasteiger partial charge on any atom is 0.323 e. The van der Waals surface area contributed by atoms with Gasteiger partial charge >= 0.3 is 5.97 Å². The number of aryl methyl sites for hydroxylation is 2. The molecule has 0 saturated carbocycles. The highest BCUT2D eigenvalue weighted by Gasteiger charge is 2.39. The summed E-state index contributed by atoms with van der Waals surface area (Å²) in [6.45, 7) is 19.8. The van der Waals surface area contributed by atoms with Gasteiger partial charge in [0.2, 0.25) is 0 Å². The van der Waals surface area contributed by atoms with Crippen molar-refractivity contribution in [1.29, 1.82) is 0 Å². The maximum absolute atomic E-state index is 13.1. The average molecular weight is 395 g/mol. The second-order valence-corrected chi connectivity index (χ2v) is 10.2. The second kappa shape index (κ2) is 7.19. The van der Waals surface area contributed by atoms with Crippen LogP contribution in [0.1, 0.15) is 87.8 Å². The summed E-state index contributed by atoms with van der Waals surface area (Å²) in [6.07, 6.45) is 0. The number of hydrogen-bond donors (Lipinski definition) is 0. The zero-order chi connectivity index (χ0) is 21.7. The van der Waals surface area contributed by atoms with E-state index in [1.54, 1.807) is 0 Å². The van der Waals surface area contributed by atoms with Crippen molar-refractivity contribution in [3.05, 3.63) is 57.6 Å². The lowest BCUT2D eigenvalue weighted by atomic mass is 9.77. The third kappa shape index (κ3) is 3.92. The van der Waals surface area contributed by atoms with Crippen LogP contribution in [0.3, 0.4) is 0 Å². The van der Waals surface area contributed by atoms with Gasteiger partial charge in [-0.25, -0.2) is 0 Å². The van der Waals surface area contributed by atoms with Crippen molar-refractivity contribution in [2.24, 2.45) is 0 Å². The van der Waals surface area contributed by atoms with Gasteiger partial charge in [-0.3, -0.25) is 4.79 Å². The highest BCUT2D eigenvalue weighted by Crippen LogP contribution is 2.47. The van der Waals surface area contributed by atoms with E-state index >= 15 is 0 Å². The zero-order valence-electron chi connectivity index (χ0n) is 19.3. The lowest BCUT2D eigenvalue weighted by molar-refractivity contribution is -0.133. The Bertz CT molecular complexity index is 932. The summed E-state index contributed by atoms with van der Waals surface area (Å²) in [6, 6.07) is 8.52. The van der Waals surface area contributed by atoms with Crippen LogP contribution in [-0.2, 0) is 15.6 Å². The molecule has 0 spiro atoms. The summed E-state index contributed by atoms with van der Waals surface area (Å²) in [5.74, 6) is 1.05. The SMILES string of the molecule is CCOc1c(C)cc(C2C(=O)Oc3c2cc(C(C)(C)C)cc3C(C)(C)C)cc1C. The van der Waals surface area contributed by atoms with Gasteiger partial charge in [0.05, 0.1) is 6.61 Å². The van der Waals surface area contributed by atoms with Crippen molar-refractivity contribution in [3.63, 3.8) is 0 Å². The Morgan fingerprint density at radius 2 is 1.52 bits per heavy atom. The molecule has 0 fully saturated rings. The van der Waals surface area contributed by atoms with Gasteiger partial charge in [-0.1, -0.05) is 65.8 Å². The van der Waals surface area contributed by atoms with Crippen molar-refractivity contribution in [3.8, 4) is 11.5 Å². The van der Waals surface area contributed by atoms with Gasteiger partial charge in [-0.15, -0.1) is 0 Å². The van der Waals surface area contributed by atoms with Crippen molar-refractivity contribution in [2.45, 2.75) is 79.1 Å². The molecule has 2 aromatic rings. The highest BCUT2D eigenvalue weighted by molar-refractivity contribution is 5.90. The van der Waals surface area contributed by atoms with Crippen LogP contribution in [0.2, 0.25) is 0 Å². The van der Waals surface area contributed by atoms with E-state index in [9.17, 15) is 4.79 Å². The fraction of sp³-hybridized carbons (Fsp3) is 0.500. The smallest absolute Gasteiger partial charge is 0.323 e. The van der Waals surface area contributed by atoms with Gasteiger partial charge in [0, 0.05) is 11.1 Å². The van der Waals surface area contributed by atoms with E-state index in [-0.39, 0.29) is 16.8 Å². The van der Waals surface area contributed by atoms with E-state index in [4.69, 9.17) is 9.47 Å². The predicted molar refractivity (Wildman–Crippen MR) is 118 cm³/mol. The van der Waals surface area contributed by atoms with Crippen molar-refractivity contribution < 1.29 is 14.3 Å². The van der Waals surface area contributed by atoms with Crippen molar-refractivity contribution in [1.82, 2.24) is 0 Å². The van der Waals surface area contributed by atoms with Gasteiger partial charge in [-0.2, -0.15) is 0 Å². The first-order valence-corrected chi connectivity index (χ1v) is 10.5. The van der Waals surface area contributed by atoms with Crippen LogP contribution in [0, 0.1) is 13.8 Å². The largest absolute Gasteiger partial charge is 0.493 e. The first-order chi connectivity index (χ1) is 13.3. The fourth-order valence-electron chi connectivity index (χ4n) is 4.09. The molecule has 0 aromatic heterocycles. The molecule has 1 aliphatic heterocycles. The summed E-state index contributed by atoms with van der Waals surface area (Å²) in [7, 11) is 0. The Balaban J connectivity index is 2.23. The van der Waals surface area contributed by atoms with E-state index in [1.807, 2.05) is 20.8 Å². The van der Waals surface area contributed by atoms with E-state index in [2.05, 4.69) is 65.8 Å². The molecule has 0 bridgehead atoms. The molecule has 0 radical (unpaired) electrons. The number of ether oxygens (including phenoxy) is 2. The summed E-state index contributed by atoms with van der Waals surface area (Å²) in [5.41, 5.74) is 6.23. The molecule has 0 amide bonds. The summed E-state index contributed by atoms with van der Waals surface area (Å²) >= 11 is 0. The van der Waals surface area contributed by atoms with Crippen LogP contribution in [-0.4, -0.2) is 12.6 Å². The lowest BCUT2D eigenvalue weighted by Gasteiger charge is -2.27. The standard InChI is InChI=1S/C26H34O3/c1-10-28-22-15(2)11-17(12-16(22)3)21-19-13-18(25(4,5)6)14-20(26(7,8)9)23(19)29-24(21)27/h11-14,21H,10H2,1-9H3. The van der Waals surface area contributed by atoms with Crippen LogP contribution < -0.4 is 9.47 Å².